The van der Waals surface area contributed by atoms with Crippen LogP contribution < -0.4 is 15.0 Å². The summed E-state index contributed by atoms with van der Waals surface area (Å²) in [6.45, 7) is 1.45. The fourth-order valence-corrected chi connectivity index (χ4v) is 2.26. The van der Waals surface area contributed by atoms with Crippen LogP contribution in [0.15, 0.2) is 42.5 Å². The van der Waals surface area contributed by atoms with E-state index in [1.54, 1.807) is 24.3 Å². The quantitative estimate of drug-likeness (QED) is 0.871. The van der Waals surface area contributed by atoms with E-state index in [1.807, 2.05) is 0 Å². The number of carbonyl (C=O) groups is 2. The molecule has 0 aliphatic heterocycles. The van der Waals surface area contributed by atoms with Crippen LogP contribution in [0.3, 0.4) is 0 Å². The second kappa shape index (κ2) is 8.23. The summed E-state index contributed by atoms with van der Waals surface area (Å²) in [7, 11) is 1.53. The third kappa shape index (κ3) is 4.76. The minimum Gasteiger partial charge on any atom is -0.497 e. The van der Waals surface area contributed by atoms with E-state index in [-0.39, 0.29) is 18.9 Å². The number of methoxy groups -OCH3 is 1. The molecule has 0 spiro atoms. The van der Waals surface area contributed by atoms with Gasteiger partial charge >= 0.3 is 0 Å². The first-order valence-electron chi connectivity index (χ1n) is 7.58. The molecule has 2 amide bonds. The van der Waals surface area contributed by atoms with Crippen molar-refractivity contribution in [3.8, 4) is 5.75 Å². The van der Waals surface area contributed by atoms with Crippen LogP contribution in [0.1, 0.15) is 13.3 Å². The van der Waals surface area contributed by atoms with Crippen molar-refractivity contribution in [1.29, 1.82) is 0 Å². The molecule has 0 radical (unpaired) electrons. The predicted molar refractivity (Wildman–Crippen MR) is 90.6 cm³/mol. The number of ether oxygens (including phenoxy) is 1. The molecule has 132 valence electrons. The van der Waals surface area contributed by atoms with Gasteiger partial charge in [-0.15, -0.1) is 0 Å². The molecule has 0 fully saturated rings. The van der Waals surface area contributed by atoms with Crippen molar-refractivity contribution < 1.29 is 23.1 Å². The molecule has 0 saturated carbocycles. The summed E-state index contributed by atoms with van der Waals surface area (Å²) in [5.41, 5.74) is 0.101. The highest BCUT2D eigenvalue weighted by atomic mass is 19.1. The van der Waals surface area contributed by atoms with Crippen molar-refractivity contribution in [3.05, 3.63) is 54.1 Å². The molecule has 25 heavy (non-hydrogen) atoms. The Labute approximate surface area is 144 Å². The summed E-state index contributed by atoms with van der Waals surface area (Å²) in [6.07, 6.45) is -0.112. The number of hydrogen-bond donors (Lipinski definition) is 1. The summed E-state index contributed by atoms with van der Waals surface area (Å²) in [5.74, 6) is -1.92. The second-order valence-corrected chi connectivity index (χ2v) is 5.26. The minimum atomic E-state index is -0.855. The van der Waals surface area contributed by atoms with E-state index in [2.05, 4.69) is 5.32 Å². The van der Waals surface area contributed by atoms with Crippen LogP contribution in [0, 0.1) is 11.6 Å². The van der Waals surface area contributed by atoms with E-state index < -0.39 is 23.2 Å². The largest absolute Gasteiger partial charge is 0.497 e. The number of amides is 2. The molecular formula is C18H18F2N2O3. The zero-order valence-electron chi connectivity index (χ0n) is 13.9. The van der Waals surface area contributed by atoms with Crippen molar-refractivity contribution in [2.45, 2.75) is 13.3 Å². The molecule has 0 unspecified atom stereocenters. The number of anilines is 2. The second-order valence-electron chi connectivity index (χ2n) is 5.26. The molecule has 2 aromatic rings. The molecule has 0 aromatic heterocycles. The average molecular weight is 348 g/mol. The van der Waals surface area contributed by atoms with E-state index in [0.717, 1.165) is 12.1 Å². The van der Waals surface area contributed by atoms with Gasteiger partial charge in [-0.05, 0) is 36.4 Å². The SMILES string of the molecule is COc1ccc(N(CCC(=O)Nc2c(F)cccc2F)C(C)=O)cc1. The van der Waals surface area contributed by atoms with Crippen LogP contribution in [0.5, 0.6) is 5.75 Å². The lowest BCUT2D eigenvalue weighted by molar-refractivity contribution is -0.117. The number of carbonyl (C=O) groups excluding carboxylic acids is 2. The molecule has 0 aliphatic rings. The summed E-state index contributed by atoms with van der Waals surface area (Å²) in [5, 5.41) is 2.20. The number of hydrogen-bond acceptors (Lipinski definition) is 3. The lowest BCUT2D eigenvalue weighted by atomic mass is 10.2. The van der Waals surface area contributed by atoms with Crippen LogP contribution in [-0.2, 0) is 9.59 Å². The summed E-state index contributed by atoms with van der Waals surface area (Å²) < 4.78 is 32.1. The van der Waals surface area contributed by atoms with Gasteiger partial charge in [-0.25, -0.2) is 8.78 Å². The Bertz CT molecular complexity index is 743. The van der Waals surface area contributed by atoms with Crippen LogP contribution in [0.2, 0.25) is 0 Å². The lowest BCUT2D eigenvalue weighted by Gasteiger charge is -2.21. The molecule has 0 heterocycles. The van der Waals surface area contributed by atoms with Crippen molar-refractivity contribution >= 4 is 23.2 Å². The monoisotopic (exact) mass is 348 g/mol. The minimum absolute atomic E-state index is 0.0730. The number of benzene rings is 2. The Morgan fingerprint density at radius 2 is 1.68 bits per heavy atom. The summed E-state index contributed by atoms with van der Waals surface area (Å²) in [6, 6.07) is 10.1. The third-order valence-corrected chi connectivity index (χ3v) is 3.55. The molecule has 0 saturated heterocycles. The molecule has 2 aromatic carbocycles. The van der Waals surface area contributed by atoms with Crippen molar-refractivity contribution in [1.82, 2.24) is 0 Å². The first-order valence-corrected chi connectivity index (χ1v) is 7.58. The number of para-hydroxylation sites is 1. The van der Waals surface area contributed by atoms with Crippen LogP contribution in [0.25, 0.3) is 0 Å². The number of nitrogens with zero attached hydrogens (tertiary/aromatic N) is 1. The van der Waals surface area contributed by atoms with Crippen LogP contribution in [0.4, 0.5) is 20.2 Å². The fraction of sp³-hybridized carbons (Fsp3) is 0.222. The first kappa shape index (κ1) is 18.4. The first-order chi connectivity index (χ1) is 11.9. The van der Waals surface area contributed by atoms with E-state index in [9.17, 15) is 18.4 Å². The van der Waals surface area contributed by atoms with Crippen molar-refractivity contribution in [2.24, 2.45) is 0 Å². The van der Waals surface area contributed by atoms with E-state index >= 15 is 0 Å². The van der Waals surface area contributed by atoms with E-state index in [4.69, 9.17) is 4.74 Å². The summed E-state index contributed by atoms with van der Waals surface area (Å²) >= 11 is 0. The highest BCUT2D eigenvalue weighted by Crippen LogP contribution is 2.21. The summed E-state index contributed by atoms with van der Waals surface area (Å²) in [4.78, 5) is 25.2. The Balaban J connectivity index is 2.03. The average Bonchev–Trinajstić information content (AvgIpc) is 2.59. The zero-order chi connectivity index (χ0) is 18.4. The zero-order valence-corrected chi connectivity index (χ0v) is 13.9. The maximum atomic E-state index is 13.5. The Hall–Kier alpha value is -2.96. The highest BCUT2D eigenvalue weighted by Gasteiger charge is 2.16. The van der Waals surface area contributed by atoms with Gasteiger partial charge in [-0.2, -0.15) is 0 Å². The van der Waals surface area contributed by atoms with E-state index in [1.165, 1.54) is 25.0 Å². The molecule has 5 nitrogen and oxygen atoms in total. The van der Waals surface area contributed by atoms with Gasteiger partial charge in [0.2, 0.25) is 11.8 Å². The van der Waals surface area contributed by atoms with Gasteiger partial charge in [0, 0.05) is 25.6 Å². The Kier molecular flexibility index (Phi) is 6.05. The van der Waals surface area contributed by atoms with Crippen molar-refractivity contribution in [3.63, 3.8) is 0 Å². The third-order valence-electron chi connectivity index (χ3n) is 3.55. The van der Waals surface area contributed by atoms with Gasteiger partial charge < -0.3 is 15.0 Å². The maximum Gasteiger partial charge on any atom is 0.226 e. The van der Waals surface area contributed by atoms with Crippen molar-refractivity contribution in [2.75, 3.05) is 23.9 Å². The van der Waals surface area contributed by atoms with Gasteiger partial charge in [-0.1, -0.05) is 6.07 Å². The molecule has 0 aliphatic carbocycles. The maximum absolute atomic E-state index is 13.5. The molecular weight excluding hydrogens is 330 g/mol. The standard InChI is InChI=1S/C18H18F2N2O3/c1-12(23)22(13-6-8-14(25-2)9-7-13)11-10-17(24)21-18-15(19)4-3-5-16(18)20/h3-9H,10-11H2,1-2H3,(H,21,24). The smallest absolute Gasteiger partial charge is 0.226 e. The molecule has 1 N–H and O–H groups in total. The van der Waals surface area contributed by atoms with Gasteiger partial charge in [0.1, 0.15) is 23.1 Å². The van der Waals surface area contributed by atoms with E-state index in [0.29, 0.717) is 11.4 Å². The Morgan fingerprint density at radius 1 is 1.08 bits per heavy atom. The highest BCUT2D eigenvalue weighted by molar-refractivity contribution is 5.94. The molecule has 0 atom stereocenters. The lowest BCUT2D eigenvalue weighted by Crippen LogP contribution is -2.32. The van der Waals surface area contributed by atoms with Crippen LogP contribution >= 0.6 is 0 Å². The number of rotatable bonds is 6. The predicted octanol–water partition coefficient (Wildman–Crippen LogP) is 3.36. The molecule has 2 rings (SSSR count). The van der Waals surface area contributed by atoms with Gasteiger partial charge in [0.25, 0.3) is 0 Å². The number of halogens is 2. The molecule has 7 heteroatoms. The van der Waals surface area contributed by atoms with Gasteiger partial charge in [-0.3, -0.25) is 9.59 Å². The topological polar surface area (TPSA) is 58.6 Å². The van der Waals surface area contributed by atoms with Crippen LogP contribution in [-0.4, -0.2) is 25.5 Å². The fourth-order valence-electron chi connectivity index (χ4n) is 2.26. The van der Waals surface area contributed by atoms with Gasteiger partial charge in [0.05, 0.1) is 7.11 Å². The Morgan fingerprint density at radius 3 is 2.20 bits per heavy atom. The number of nitrogens with one attached hydrogen (secondary N) is 1. The van der Waals surface area contributed by atoms with Gasteiger partial charge in [0.15, 0.2) is 0 Å². The molecule has 0 bridgehead atoms. The normalized spacial score (nSPS) is 10.2.